The fourth-order valence-corrected chi connectivity index (χ4v) is 0.976. The van der Waals surface area contributed by atoms with Crippen molar-refractivity contribution < 1.29 is 24.6 Å². The highest BCUT2D eigenvalue weighted by atomic mass is 16.4. The molecule has 0 heterocycles. The predicted octanol–water partition coefficient (Wildman–Crippen LogP) is -0.373. The van der Waals surface area contributed by atoms with Crippen molar-refractivity contribution in [2.75, 3.05) is 6.54 Å². The minimum absolute atomic E-state index is 0.301. The molecule has 0 rings (SSSR count). The van der Waals surface area contributed by atoms with Gasteiger partial charge < -0.3 is 20.8 Å². The third kappa shape index (κ3) is 7.67. The van der Waals surface area contributed by atoms with E-state index in [0.717, 1.165) is 0 Å². The van der Waals surface area contributed by atoms with Crippen LogP contribution in [0.3, 0.4) is 0 Å². The molecule has 0 aromatic rings. The van der Waals surface area contributed by atoms with E-state index in [9.17, 15) is 14.4 Å². The molecule has 94 valence electrons. The number of carboxylic acids is 2. The van der Waals surface area contributed by atoms with Gasteiger partial charge in [0.05, 0.1) is 6.42 Å². The van der Waals surface area contributed by atoms with Gasteiger partial charge in [-0.25, -0.2) is 9.59 Å². The summed E-state index contributed by atoms with van der Waals surface area (Å²) in [5, 5.41) is 21.5. The molecule has 17 heavy (non-hydrogen) atoms. The summed E-state index contributed by atoms with van der Waals surface area (Å²) in [5.74, 6) is -0.315. The van der Waals surface area contributed by atoms with Gasteiger partial charge in [-0.1, -0.05) is 0 Å². The lowest BCUT2D eigenvalue weighted by Gasteiger charge is -2.12. The number of amides is 2. The van der Waals surface area contributed by atoms with Crippen molar-refractivity contribution in [2.45, 2.75) is 25.3 Å². The minimum Gasteiger partial charge on any atom is -0.481 e. The second kappa shape index (κ2) is 7.98. The SMILES string of the molecule is C#CCCCNC(=O)N[C@@H](CC(=O)O)C(=O)O. The van der Waals surface area contributed by atoms with Gasteiger partial charge in [0, 0.05) is 13.0 Å². The molecule has 7 nitrogen and oxygen atoms in total. The predicted molar refractivity (Wildman–Crippen MR) is 58.3 cm³/mol. The Morgan fingerprint density at radius 3 is 2.41 bits per heavy atom. The molecule has 0 aromatic carbocycles. The Hall–Kier alpha value is -2.23. The number of carbonyl (C=O) groups is 3. The van der Waals surface area contributed by atoms with E-state index in [1.165, 1.54) is 0 Å². The Bertz CT molecular complexity index is 334. The highest BCUT2D eigenvalue weighted by Gasteiger charge is 2.22. The van der Waals surface area contributed by atoms with Crippen molar-refractivity contribution in [1.29, 1.82) is 0 Å². The number of urea groups is 1. The topological polar surface area (TPSA) is 116 Å². The molecule has 4 N–H and O–H groups in total. The largest absolute Gasteiger partial charge is 0.481 e. The van der Waals surface area contributed by atoms with Gasteiger partial charge in [-0.15, -0.1) is 12.3 Å². The third-order valence-corrected chi connectivity index (χ3v) is 1.77. The number of terminal acetylenes is 1. The lowest BCUT2D eigenvalue weighted by atomic mass is 10.2. The molecule has 0 unspecified atom stereocenters. The molecular formula is C10H14N2O5. The first-order valence-corrected chi connectivity index (χ1v) is 4.89. The molecule has 0 aliphatic heterocycles. The maximum Gasteiger partial charge on any atom is 0.326 e. The zero-order valence-electron chi connectivity index (χ0n) is 9.10. The summed E-state index contributed by atoms with van der Waals surface area (Å²) in [5.41, 5.74) is 0. The molecule has 7 heteroatoms. The lowest BCUT2D eigenvalue weighted by molar-refractivity contribution is -0.145. The molecule has 0 bridgehead atoms. The Morgan fingerprint density at radius 1 is 1.29 bits per heavy atom. The number of carbonyl (C=O) groups excluding carboxylic acids is 1. The van der Waals surface area contributed by atoms with E-state index in [1.807, 2.05) is 5.32 Å². The first-order chi connectivity index (χ1) is 7.97. The molecule has 0 fully saturated rings. The minimum atomic E-state index is -1.44. The van der Waals surface area contributed by atoms with Gasteiger partial charge >= 0.3 is 18.0 Å². The number of hydrogen-bond donors (Lipinski definition) is 4. The number of aliphatic carboxylic acids is 2. The van der Waals surface area contributed by atoms with Crippen LogP contribution in [0.2, 0.25) is 0 Å². The van der Waals surface area contributed by atoms with Crippen molar-refractivity contribution in [3.8, 4) is 12.3 Å². The molecule has 0 aromatic heterocycles. The maximum atomic E-state index is 11.2. The van der Waals surface area contributed by atoms with Gasteiger partial charge in [0.1, 0.15) is 6.04 Å². The van der Waals surface area contributed by atoms with E-state index >= 15 is 0 Å². The molecule has 0 saturated heterocycles. The number of unbranched alkanes of at least 4 members (excludes halogenated alkanes) is 1. The normalized spacial score (nSPS) is 11.0. The van der Waals surface area contributed by atoms with Gasteiger partial charge in [-0.2, -0.15) is 0 Å². The molecule has 0 radical (unpaired) electrons. The Labute approximate surface area is 98.2 Å². The van der Waals surface area contributed by atoms with Crippen LogP contribution in [-0.4, -0.2) is 40.8 Å². The van der Waals surface area contributed by atoms with E-state index < -0.39 is 30.4 Å². The summed E-state index contributed by atoms with van der Waals surface area (Å²) in [6, 6.07) is -2.17. The Kier molecular flexibility index (Phi) is 6.94. The van der Waals surface area contributed by atoms with E-state index in [1.54, 1.807) is 0 Å². The van der Waals surface area contributed by atoms with Crippen molar-refractivity contribution in [1.82, 2.24) is 10.6 Å². The summed E-state index contributed by atoms with van der Waals surface area (Å²) >= 11 is 0. The number of carboxylic acid groups (broad SMARTS) is 2. The van der Waals surface area contributed by atoms with Crippen molar-refractivity contribution in [3.63, 3.8) is 0 Å². The standard InChI is InChI=1S/C10H14N2O5/c1-2-3-4-5-11-10(17)12-7(9(15)16)6-8(13)14/h1,7H,3-6H2,(H,13,14)(H,15,16)(H2,11,12,17)/t7-/m0/s1. The van der Waals surface area contributed by atoms with Crippen LogP contribution in [0, 0.1) is 12.3 Å². The quantitative estimate of drug-likeness (QED) is 0.359. The van der Waals surface area contributed by atoms with E-state index in [2.05, 4.69) is 11.2 Å². The molecule has 1 atom stereocenters. The highest BCUT2D eigenvalue weighted by molar-refractivity contribution is 5.86. The van der Waals surface area contributed by atoms with E-state index in [4.69, 9.17) is 16.6 Å². The fraction of sp³-hybridized carbons (Fsp3) is 0.500. The van der Waals surface area contributed by atoms with Gasteiger partial charge in [0.25, 0.3) is 0 Å². The van der Waals surface area contributed by atoms with Crippen molar-refractivity contribution >= 4 is 18.0 Å². The third-order valence-electron chi connectivity index (χ3n) is 1.77. The molecular weight excluding hydrogens is 228 g/mol. The van der Waals surface area contributed by atoms with Crippen LogP contribution in [0.1, 0.15) is 19.3 Å². The highest BCUT2D eigenvalue weighted by Crippen LogP contribution is 1.92. The second-order valence-electron chi connectivity index (χ2n) is 3.20. The first-order valence-electron chi connectivity index (χ1n) is 4.89. The first kappa shape index (κ1) is 14.8. The number of hydrogen-bond acceptors (Lipinski definition) is 3. The summed E-state index contributed by atoms with van der Waals surface area (Å²) in [6.07, 6.45) is 5.39. The summed E-state index contributed by atoms with van der Waals surface area (Å²) in [7, 11) is 0. The van der Waals surface area contributed by atoms with E-state index in [0.29, 0.717) is 19.4 Å². The smallest absolute Gasteiger partial charge is 0.326 e. The fourth-order valence-electron chi connectivity index (χ4n) is 0.976. The summed E-state index contributed by atoms with van der Waals surface area (Å²) < 4.78 is 0. The molecule has 0 aliphatic rings. The Balaban J connectivity index is 4.01. The monoisotopic (exact) mass is 242 g/mol. The average Bonchev–Trinajstić information content (AvgIpc) is 2.22. The summed E-state index contributed by atoms with van der Waals surface area (Å²) in [6.45, 7) is 0.301. The second-order valence-corrected chi connectivity index (χ2v) is 3.20. The zero-order valence-corrected chi connectivity index (χ0v) is 9.10. The van der Waals surface area contributed by atoms with Crippen LogP contribution in [0.4, 0.5) is 4.79 Å². The van der Waals surface area contributed by atoms with Crippen LogP contribution in [-0.2, 0) is 9.59 Å². The van der Waals surface area contributed by atoms with Crippen LogP contribution < -0.4 is 10.6 Å². The Morgan fingerprint density at radius 2 is 1.94 bits per heavy atom. The van der Waals surface area contributed by atoms with Crippen LogP contribution in [0.25, 0.3) is 0 Å². The molecule has 0 aliphatic carbocycles. The zero-order chi connectivity index (χ0) is 13.3. The molecule has 0 spiro atoms. The van der Waals surface area contributed by atoms with Crippen LogP contribution in [0.15, 0.2) is 0 Å². The van der Waals surface area contributed by atoms with Gasteiger partial charge in [-0.3, -0.25) is 4.79 Å². The maximum absolute atomic E-state index is 11.2. The molecule has 2 amide bonds. The number of nitrogens with one attached hydrogen (secondary N) is 2. The van der Waals surface area contributed by atoms with Gasteiger partial charge in [0.2, 0.25) is 0 Å². The van der Waals surface area contributed by atoms with Crippen molar-refractivity contribution in [2.24, 2.45) is 0 Å². The van der Waals surface area contributed by atoms with E-state index in [-0.39, 0.29) is 0 Å². The van der Waals surface area contributed by atoms with Crippen LogP contribution >= 0.6 is 0 Å². The van der Waals surface area contributed by atoms with Gasteiger partial charge in [0.15, 0.2) is 0 Å². The molecule has 0 saturated carbocycles. The van der Waals surface area contributed by atoms with Crippen LogP contribution in [0.5, 0.6) is 0 Å². The van der Waals surface area contributed by atoms with Gasteiger partial charge in [-0.05, 0) is 6.42 Å². The lowest BCUT2D eigenvalue weighted by Crippen LogP contribution is -2.47. The van der Waals surface area contributed by atoms with Crippen molar-refractivity contribution in [3.05, 3.63) is 0 Å². The average molecular weight is 242 g/mol. The number of rotatable bonds is 7. The summed E-state index contributed by atoms with van der Waals surface area (Å²) in [4.78, 5) is 32.1.